The largest absolute Gasteiger partial charge is 0.416 e. The van der Waals surface area contributed by atoms with Crippen molar-refractivity contribution in [2.75, 3.05) is 0 Å². The van der Waals surface area contributed by atoms with Gasteiger partial charge in [-0.2, -0.15) is 13.2 Å². The highest BCUT2D eigenvalue weighted by molar-refractivity contribution is 5.95. The average molecular weight is 294 g/mol. The van der Waals surface area contributed by atoms with Gasteiger partial charge in [0.05, 0.1) is 22.5 Å². The molecule has 0 radical (unpaired) electrons. The van der Waals surface area contributed by atoms with Crippen LogP contribution in [-0.4, -0.2) is 10.9 Å². The number of aromatic nitrogens is 1. The van der Waals surface area contributed by atoms with Crippen molar-refractivity contribution in [3.05, 3.63) is 52.7 Å². The molecule has 2 rings (SSSR count). The van der Waals surface area contributed by atoms with Gasteiger partial charge in [0.2, 0.25) is 0 Å². The highest BCUT2D eigenvalue weighted by atomic mass is 19.4. The van der Waals surface area contributed by atoms with E-state index in [4.69, 9.17) is 5.73 Å². The molecule has 2 aromatic rings. The molecule has 110 valence electrons. The van der Waals surface area contributed by atoms with E-state index in [0.29, 0.717) is 28.1 Å². The second-order valence-electron chi connectivity index (χ2n) is 4.72. The average Bonchev–Trinajstić information content (AvgIpc) is 2.36. The zero-order chi connectivity index (χ0) is 15.8. The van der Waals surface area contributed by atoms with Crippen molar-refractivity contribution in [3.8, 4) is 11.3 Å². The van der Waals surface area contributed by atoms with E-state index in [1.54, 1.807) is 19.9 Å². The van der Waals surface area contributed by atoms with Crippen molar-refractivity contribution in [2.24, 2.45) is 5.73 Å². The van der Waals surface area contributed by atoms with E-state index >= 15 is 0 Å². The Kier molecular flexibility index (Phi) is 3.72. The summed E-state index contributed by atoms with van der Waals surface area (Å²) in [5.41, 5.74) is 7.04. The molecule has 0 atom stereocenters. The first-order valence-corrected chi connectivity index (χ1v) is 6.16. The molecule has 6 heteroatoms. The number of pyridine rings is 1. The van der Waals surface area contributed by atoms with Gasteiger partial charge >= 0.3 is 6.18 Å². The predicted octanol–water partition coefficient (Wildman–Crippen LogP) is 3.48. The van der Waals surface area contributed by atoms with E-state index in [1.807, 2.05) is 0 Å². The second-order valence-corrected chi connectivity index (χ2v) is 4.72. The number of halogens is 3. The highest BCUT2D eigenvalue weighted by Crippen LogP contribution is 2.31. The van der Waals surface area contributed by atoms with Gasteiger partial charge in [0, 0.05) is 5.56 Å². The van der Waals surface area contributed by atoms with Gasteiger partial charge in [-0.15, -0.1) is 0 Å². The van der Waals surface area contributed by atoms with E-state index in [1.165, 1.54) is 12.1 Å². The zero-order valence-corrected chi connectivity index (χ0v) is 11.5. The van der Waals surface area contributed by atoms with Crippen molar-refractivity contribution in [1.82, 2.24) is 4.98 Å². The van der Waals surface area contributed by atoms with Crippen molar-refractivity contribution >= 4 is 5.91 Å². The quantitative estimate of drug-likeness (QED) is 0.921. The van der Waals surface area contributed by atoms with E-state index in [2.05, 4.69) is 4.98 Å². The van der Waals surface area contributed by atoms with Gasteiger partial charge in [0.25, 0.3) is 5.91 Å². The van der Waals surface area contributed by atoms with Gasteiger partial charge in [0.15, 0.2) is 0 Å². The number of aryl methyl sites for hydroxylation is 2. The van der Waals surface area contributed by atoms with Crippen molar-refractivity contribution in [1.29, 1.82) is 0 Å². The van der Waals surface area contributed by atoms with Gasteiger partial charge in [-0.25, -0.2) is 0 Å². The summed E-state index contributed by atoms with van der Waals surface area (Å²) in [4.78, 5) is 15.5. The van der Waals surface area contributed by atoms with Crippen LogP contribution in [0.3, 0.4) is 0 Å². The summed E-state index contributed by atoms with van der Waals surface area (Å²) in [6, 6.07) is 6.35. The summed E-state index contributed by atoms with van der Waals surface area (Å²) >= 11 is 0. The van der Waals surface area contributed by atoms with E-state index in [9.17, 15) is 18.0 Å². The number of amides is 1. The summed E-state index contributed by atoms with van der Waals surface area (Å²) in [6.07, 6.45) is -4.37. The first kappa shape index (κ1) is 15.0. The fourth-order valence-corrected chi connectivity index (χ4v) is 2.18. The number of nitrogens with zero attached hydrogens (tertiary/aromatic N) is 1. The second kappa shape index (κ2) is 5.20. The molecule has 0 spiro atoms. The topological polar surface area (TPSA) is 56.0 Å². The maximum absolute atomic E-state index is 12.5. The summed E-state index contributed by atoms with van der Waals surface area (Å²) in [6.45, 7) is 3.35. The van der Waals surface area contributed by atoms with Crippen LogP contribution in [0.25, 0.3) is 11.3 Å². The van der Waals surface area contributed by atoms with Crippen LogP contribution in [-0.2, 0) is 6.18 Å². The molecule has 0 aliphatic carbocycles. The van der Waals surface area contributed by atoms with E-state index in [0.717, 1.165) is 12.1 Å². The van der Waals surface area contributed by atoms with Gasteiger partial charge in [-0.3, -0.25) is 9.78 Å². The van der Waals surface area contributed by atoms with E-state index < -0.39 is 17.6 Å². The molecule has 0 saturated carbocycles. The third-order valence-corrected chi connectivity index (χ3v) is 3.15. The lowest BCUT2D eigenvalue weighted by Gasteiger charge is -2.10. The molecule has 21 heavy (non-hydrogen) atoms. The lowest BCUT2D eigenvalue weighted by Crippen LogP contribution is -2.15. The number of primary amides is 1. The molecule has 0 fully saturated rings. The lowest BCUT2D eigenvalue weighted by atomic mass is 10.0. The number of alkyl halides is 3. The van der Waals surface area contributed by atoms with Crippen LogP contribution in [0.1, 0.15) is 27.2 Å². The Balaban J connectivity index is 2.46. The Hall–Kier alpha value is -2.37. The number of nitrogens with two attached hydrogens (primary N) is 1. The fraction of sp³-hybridized carbons (Fsp3) is 0.200. The van der Waals surface area contributed by atoms with Crippen LogP contribution in [0.5, 0.6) is 0 Å². The Morgan fingerprint density at radius 2 is 1.71 bits per heavy atom. The van der Waals surface area contributed by atoms with Crippen LogP contribution in [0, 0.1) is 13.8 Å². The zero-order valence-electron chi connectivity index (χ0n) is 11.5. The van der Waals surface area contributed by atoms with Crippen LogP contribution in [0.2, 0.25) is 0 Å². The highest BCUT2D eigenvalue weighted by Gasteiger charge is 2.30. The first-order valence-electron chi connectivity index (χ1n) is 6.16. The summed E-state index contributed by atoms with van der Waals surface area (Å²) in [5.74, 6) is -0.573. The molecule has 2 N–H and O–H groups in total. The summed E-state index contributed by atoms with van der Waals surface area (Å²) in [7, 11) is 0. The number of hydrogen-bond donors (Lipinski definition) is 1. The SMILES string of the molecule is Cc1cc(-c2ccc(C(F)(F)F)cc2)nc(C)c1C(N)=O. The monoisotopic (exact) mass is 294 g/mol. The number of benzene rings is 1. The molecule has 0 aliphatic rings. The van der Waals surface area contributed by atoms with Gasteiger partial charge in [-0.1, -0.05) is 12.1 Å². The van der Waals surface area contributed by atoms with Crippen molar-refractivity contribution in [3.63, 3.8) is 0 Å². The molecule has 3 nitrogen and oxygen atoms in total. The van der Waals surface area contributed by atoms with Crippen LogP contribution >= 0.6 is 0 Å². The summed E-state index contributed by atoms with van der Waals surface area (Å²) < 4.78 is 37.6. The molecule has 0 bridgehead atoms. The minimum Gasteiger partial charge on any atom is -0.366 e. The van der Waals surface area contributed by atoms with Crippen molar-refractivity contribution < 1.29 is 18.0 Å². The van der Waals surface area contributed by atoms with Crippen LogP contribution < -0.4 is 5.73 Å². The lowest BCUT2D eigenvalue weighted by molar-refractivity contribution is -0.137. The number of carbonyl (C=O) groups is 1. The standard InChI is InChI=1S/C15H13F3N2O/c1-8-7-12(20-9(2)13(8)14(19)21)10-3-5-11(6-4-10)15(16,17)18/h3-7H,1-2H3,(H2,19,21). The van der Waals surface area contributed by atoms with Crippen molar-refractivity contribution in [2.45, 2.75) is 20.0 Å². The van der Waals surface area contributed by atoms with Gasteiger partial charge in [0.1, 0.15) is 0 Å². The molecule has 1 amide bonds. The number of hydrogen-bond acceptors (Lipinski definition) is 2. The van der Waals surface area contributed by atoms with E-state index in [-0.39, 0.29) is 0 Å². The molecule has 1 heterocycles. The number of carbonyl (C=O) groups excluding carboxylic acids is 1. The Morgan fingerprint density at radius 3 is 2.14 bits per heavy atom. The molecule has 0 aliphatic heterocycles. The predicted molar refractivity (Wildman–Crippen MR) is 72.7 cm³/mol. The Bertz CT molecular complexity index is 668. The fourth-order valence-electron chi connectivity index (χ4n) is 2.18. The molecular weight excluding hydrogens is 281 g/mol. The smallest absolute Gasteiger partial charge is 0.366 e. The molecule has 0 unspecified atom stereocenters. The first-order chi connectivity index (χ1) is 9.70. The van der Waals surface area contributed by atoms with Crippen LogP contribution in [0.4, 0.5) is 13.2 Å². The Labute approximate surface area is 119 Å². The van der Waals surface area contributed by atoms with Gasteiger partial charge in [-0.05, 0) is 37.6 Å². The molecule has 1 aromatic carbocycles. The third kappa shape index (κ3) is 3.04. The molecule has 0 saturated heterocycles. The Morgan fingerprint density at radius 1 is 1.14 bits per heavy atom. The minimum atomic E-state index is -4.37. The molecular formula is C15H13F3N2O. The summed E-state index contributed by atoms with van der Waals surface area (Å²) in [5, 5.41) is 0. The maximum atomic E-state index is 12.5. The molecule has 1 aromatic heterocycles. The van der Waals surface area contributed by atoms with Crippen LogP contribution in [0.15, 0.2) is 30.3 Å². The minimum absolute atomic E-state index is 0.339. The maximum Gasteiger partial charge on any atom is 0.416 e. The third-order valence-electron chi connectivity index (χ3n) is 3.15. The number of rotatable bonds is 2. The van der Waals surface area contributed by atoms with Gasteiger partial charge < -0.3 is 5.73 Å². The normalized spacial score (nSPS) is 11.5.